The molecule has 70 valence electrons. The Morgan fingerprint density at radius 2 is 2.42 bits per heavy atom. The normalized spacial score (nSPS) is 11.8. The number of hydrogen-bond acceptors (Lipinski definition) is 4. The molecule has 0 amide bonds. The molecule has 0 fully saturated rings. The first-order valence-electron chi connectivity index (χ1n) is 3.77. The van der Waals surface area contributed by atoms with Gasteiger partial charge < -0.3 is 20.7 Å². The third-order valence-corrected chi connectivity index (χ3v) is 1.28. The molecular formula is C8H15NO3. The largest absolute Gasteiger partial charge is 0.507 e. The molecule has 0 aromatic carbocycles. The second kappa shape index (κ2) is 6.73. The summed E-state index contributed by atoms with van der Waals surface area (Å²) in [6, 6.07) is 0. The Morgan fingerprint density at radius 1 is 1.75 bits per heavy atom. The summed E-state index contributed by atoms with van der Waals surface area (Å²) in [6.45, 7) is 2.19. The smallest absolute Gasteiger partial charge is 0.123 e. The zero-order valence-corrected chi connectivity index (χ0v) is 7.16. The highest BCUT2D eigenvalue weighted by atomic mass is 16.5. The maximum absolute atomic E-state index is 8.58. The maximum Gasteiger partial charge on any atom is 0.123 e. The highest BCUT2D eigenvalue weighted by Gasteiger charge is 1.98. The van der Waals surface area contributed by atoms with Crippen LogP contribution in [0.2, 0.25) is 0 Å². The number of nitrogens with two attached hydrogens (primary N) is 1. The molecule has 0 saturated carbocycles. The van der Waals surface area contributed by atoms with Crippen molar-refractivity contribution in [1.29, 1.82) is 0 Å². The van der Waals surface area contributed by atoms with E-state index in [-0.39, 0.29) is 12.7 Å². The molecule has 0 aliphatic heterocycles. The zero-order valence-electron chi connectivity index (χ0n) is 7.16. The zero-order chi connectivity index (χ0) is 9.40. The van der Waals surface area contributed by atoms with Crippen molar-refractivity contribution in [1.82, 2.24) is 0 Å². The van der Waals surface area contributed by atoms with Crippen molar-refractivity contribution in [3.05, 3.63) is 17.7 Å². The van der Waals surface area contributed by atoms with E-state index in [1.165, 1.54) is 0 Å². The summed E-state index contributed by atoms with van der Waals surface area (Å²) in [5.74, 6) is 0. The number of ether oxygens (including phenoxy) is 1. The molecule has 0 aliphatic carbocycles. The van der Waals surface area contributed by atoms with E-state index in [9.17, 15) is 0 Å². The molecule has 0 aromatic heterocycles. The molecule has 0 aliphatic rings. The van der Waals surface area contributed by atoms with Gasteiger partial charge in [-0.1, -0.05) is 5.73 Å². The van der Waals surface area contributed by atoms with E-state index >= 15 is 0 Å². The molecular weight excluding hydrogens is 158 g/mol. The van der Waals surface area contributed by atoms with Gasteiger partial charge >= 0.3 is 0 Å². The Hall–Kier alpha value is -0.960. The third kappa shape index (κ3) is 5.80. The van der Waals surface area contributed by atoms with Crippen LogP contribution in [0, 0.1) is 0 Å². The standard InChI is InChI=1S/C8H15NO3/c1-7(6-11)12-5-3-8(9)2-4-10/h4,7,10-11H,3,5-6,9H2,1H3. The Balaban J connectivity index is 3.50. The van der Waals surface area contributed by atoms with Crippen LogP contribution in [0.3, 0.4) is 0 Å². The van der Waals surface area contributed by atoms with Gasteiger partial charge in [0.15, 0.2) is 0 Å². The second-order valence-electron chi connectivity index (χ2n) is 2.41. The van der Waals surface area contributed by atoms with Gasteiger partial charge in [0.2, 0.25) is 0 Å². The molecule has 0 heterocycles. The van der Waals surface area contributed by atoms with Crippen LogP contribution in [0.5, 0.6) is 0 Å². The van der Waals surface area contributed by atoms with E-state index < -0.39 is 0 Å². The van der Waals surface area contributed by atoms with E-state index in [1.54, 1.807) is 6.92 Å². The fraction of sp³-hybridized carbons (Fsp3) is 0.625. The van der Waals surface area contributed by atoms with Crippen molar-refractivity contribution < 1.29 is 14.9 Å². The van der Waals surface area contributed by atoms with Gasteiger partial charge in [-0.05, 0) is 6.92 Å². The van der Waals surface area contributed by atoms with Gasteiger partial charge in [-0.15, -0.1) is 0 Å². The molecule has 0 saturated heterocycles. The van der Waals surface area contributed by atoms with Crippen molar-refractivity contribution in [3.63, 3.8) is 0 Å². The monoisotopic (exact) mass is 173 g/mol. The van der Waals surface area contributed by atoms with Crippen LogP contribution in [-0.4, -0.2) is 29.5 Å². The Morgan fingerprint density at radius 3 is 2.92 bits per heavy atom. The molecule has 4 N–H and O–H groups in total. The van der Waals surface area contributed by atoms with Crippen molar-refractivity contribution in [2.75, 3.05) is 13.2 Å². The highest BCUT2D eigenvalue weighted by Crippen LogP contribution is 1.94. The Bertz CT molecular complexity index is 173. The van der Waals surface area contributed by atoms with Crippen molar-refractivity contribution in [3.8, 4) is 0 Å². The van der Waals surface area contributed by atoms with Gasteiger partial charge in [-0.25, -0.2) is 0 Å². The number of hydrogen-bond donors (Lipinski definition) is 3. The molecule has 0 radical (unpaired) electrons. The summed E-state index contributed by atoms with van der Waals surface area (Å²) in [6.07, 6.45) is 1.10. The van der Waals surface area contributed by atoms with E-state index in [0.29, 0.717) is 18.7 Å². The maximum atomic E-state index is 8.58. The topological polar surface area (TPSA) is 75.7 Å². The number of rotatable bonds is 5. The minimum atomic E-state index is -0.170. The molecule has 4 nitrogen and oxygen atoms in total. The van der Waals surface area contributed by atoms with Crippen LogP contribution < -0.4 is 5.73 Å². The average molecular weight is 173 g/mol. The van der Waals surface area contributed by atoms with Crippen molar-refractivity contribution in [2.45, 2.75) is 19.4 Å². The van der Waals surface area contributed by atoms with Crippen LogP contribution >= 0.6 is 0 Å². The minimum Gasteiger partial charge on any atom is -0.507 e. The summed E-state index contributed by atoms with van der Waals surface area (Å²) in [4.78, 5) is 0. The van der Waals surface area contributed by atoms with Gasteiger partial charge in [0.25, 0.3) is 0 Å². The quantitative estimate of drug-likeness (QED) is 0.412. The first-order chi connectivity index (χ1) is 5.70. The molecule has 0 rings (SSSR count). The number of aliphatic hydroxyl groups excluding tert-OH is 2. The Labute approximate surface area is 72.0 Å². The molecule has 0 aromatic rings. The van der Waals surface area contributed by atoms with Gasteiger partial charge in [0.05, 0.1) is 25.0 Å². The van der Waals surface area contributed by atoms with E-state index in [4.69, 9.17) is 20.7 Å². The molecule has 0 bridgehead atoms. The lowest BCUT2D eigenvalue weighted by Gasteiger charge is -2.08. The van der Waals surface area contributed by atoms with Crippen LogP contribution in [0.4, 0.5) is 0 Å². The fourth-order valence-corrected chi connectivity index (χ4v) is 0.578. The molecule has 1 atom stereocenters. The van der Waals surface area contributed by atoms with E-state index in [2.05, 4.69) is 5.73 Å². The lowest BCUT2D eigenvalue weighted by atomic mass is 10.3. The van der Waals surface area contributed by atoms with Crippen LogP contribution in [0.15, 0.2) is 17.7 Å². The van der Waals surface area contributed by atoms with Crippen molar-refractivity contribution in [2.24, 2.45) is 5.73 Å². The molecule has 0 spiro atoms. The SMILES string of the molecule is CC(CO)OCCC(N)=C=CO. The lowest BCUT2D eigenvalue weighted by Crippen LogP contribution is -2.14. The number of aliphatic hydroxyl groups is 2. The van der Waals surface area contributed by atoms with Crippen LogP contribution in [0.1, 0.15) is 13.3 Å². The summed E-state index contributed by atoms with van der Waals surface area (Å²) in [5, 5.41) is 16.9. The van der Waals surface area contributed by atoms with Gasteiger partial charge in [0.1, 0.15) is 6.26 Å². The van der Waals surface area contributed by atoms with Gasteiger partial charge in [-0.2, -0.15) is 0 Å². The van der Waals surface area contributed by atoms with E-state index in [0.717, 1.165) is 6.26 Å². The highest BCUT2D eigenvalue weighted by molar-refractivity contribution is 4.93. The third-order valence-electron chi connectivity index (χ3n) is 1.28. The Kier molecular flexibility index (Phi) is 6.19. The summed E-state index contributed by atoms with van der Waals surface area (Å²) in [5.41, 5.74) is 8.24. The second-order valence-corrected chi connectivity index (χ2v) is 2.41. The minimum absolute atomic E-state index is 0.000537. The van der Waals surface area contributed by atoms with Crippen molar-refractivity contribution >= 4 is 0 Å². The predicted octanol–water partition coefficient (Wildman–Crippen LogP) is 0.287. The fourth-order valence-electron chi connectivity index (χ4n) is 0.578. The van der Waals surface area contributed by atoms with E-state index in [1.807, 2.05) is 0 Å². The van der Waals surface area contributed by atoms with Crippen LogP contribution in [0.25, 0.3) is 0 Å². The van der Waals surface area contributed by atoms with Gasteiger partial charge in [0, 0.05) is 6.42 Å². The first kappa shape index (κ1) is 11.0. The molecule has 12 heavy (non-hydrogen) atoms. The first-order valence-corrected chi connectivity index (χ1v) is 3.77. The lowest BCUT2D eigenvalue weighted by molar-refractivity contribution is 0.0266. The van der Waals surface area contributed by atoms with Gasteiger partial charge in [-0.3, -0.25) is 0 Å². The average Bonchev–Trinajstić information content (AvgIpc) is 2.04. The summed E-state index contributed by atoms with van der Waals surface area (Å²) in [7, 11) is 0. The van der Waals surface area contributed by atoms with Crippen LogP contribution in [-0.2, 0) is 4.74 Å². The molecule has 1 unspecified atom stereocenters. The molecule has 4 heteroatoms. The predicted molar refractivity (Wildman–Crippen MR) is 45.5 cm³/mol. The summed E-state index contributed by atoms with van der Waals surface area (Å²) >= 11 is 0. The summed E-state index contributed by atoms with van der Waals surface area (Å²) < 4.78 is 5.12.